The number of aromatic nitrogens is 2. The van der Waals surface area contributed by atoms with Crippen LogP contribution in [-0.4, -0.2) is 96.8 Å². The highest BCUT2D eigenvalue weighted by molar-refractivity contribution is 6.32. The van der Waals surface area contributed by atoms with Gasteiger partial charge in [-0.15, -0.1) is 0 Å². The highest BCUT2D eigenvalue weighted by Gasteiger charge is 2.39. The van der Waals surface area contributed by atoms with Crippen LogP contribution in [0.5, 0.6) is 5.75 Å². The molecule has 0 aliphatic carbocycles. The van der Waals surface area contributed by atoms with E-state index >= 15 is 0 Å². The summed E-state index contributed by atoms with van der Waals surface area (Å²) in [5, 5.41) is 10.2. The fourth-order valence-electron chi connectivity index (χ4n) is 8.96. The van der Waals surface area contributed by atoms with Crippen LogP contribution in [0.2, 0.25) is 5.02 Å². The normalized spacial score (nSPS) is 23.5. The van der Waals surface area contributed by atoms with E-state index in [4.69, 9.17) is 16.3 Å². The van der Waals surface area contributed by atoms with Gasteiger partial charge in [0.25, 0.3) is 11.5 Å². The molecule has 5 heterocycles. The van der Waals surface area contributed by atoms with Gasteiger partial charge in [-0.1, -0.05) is 23.7 Å². The number of hydrogen-bond donors (Lipinski definition) is 2. The summed E-state index contributed by atoms with van der Waals surface area (Å²) in [5.41, 5.74) is 5.44. The SMILES string of the molecule is COc1cc(N2CCC3(CCN(C(=O)c4ccc(C5CC(Nc6cnn(C)c(=O)c6Cl)CN(C)C5)cc4)CC3)CC2)c(C)cc1C1CCC(=O)NC1=O. The third-order valence-corrected chi connectivity index (χ3v) is 12.5. The zero-order valence-electron chi connectivity index (χ0n) is 31.1. The number of carbonyl (C=O) groups is 3. The van der Waals surface area contributed by atoms with Crippen LogP contribution in [0.3, 0.4) is 0 Å². The van der Waals surface area contributed by atoms with Crippen LogP contribution in [0.25, 0.3) is 0 Å². The van der Waals surface area contributed by atoms with Crippen LogP contribution in [-0.2, 0) is 16.6 Å². The number of carbonyl (C=O) groups excluding carboxylic acids is 3. The van der Waals surface area contributed by atoms with Gasteiger partial charge in [-0.2, -0.15) is 5.10 Å². The quantitative estimate of drug-likeness (QED) is 0.331. The first-order chi connectivity index (χ1) is 25.4. The molecule has 53 heavy (non-hydrogen) atoms. The van der Waals surface area contributed by atoms with Crippen molar-refractivity contribution in [3.63, 3.8) is 0 Å². The summed E-state index contributed by atoms with van der Waals surface area (Å²) < 4.78 is 7.00. The standard InChI is InChI=1S/C40H50ClN7O5/c1-25-19-31(30-9-10-35(49)44-37(30)50)34(53-4)21-33(25)47-15-11-40(12-16-47)13-17-48(18-14-40)38(51)27-7-5-26(6-8-27)28-20-29(24-45(2)23-28)43-32-22-42-46(3)39(52)36(32)41/h5-8,19,21-22,28-30,43H,9-18,20,23-24H2,1-4H3,(H,44,49,50). The molecule has 3 aromatic rings. The fourth-order valence-corrected chi connectivity index (χ4v) is 9.19. The van der Waals surface area contributed by atoms with Gasteiger partial charge in [0, 0.05) is 81.7 Å². The van der Waals surface area contributed by atoms with Gasteiger partial charge >= 0.3 is 0 Å². The first kappa shape index (κ1) is 36.9. The van der Waals surface area contributed by atoms with Crippen molar-refractivity contribution in [2.75, 3.05) is 63.6 Å². The molecule has 3 unspecified atom stereocenters. The number of halogens is 1. The molecular weight excluding hydrogens is 694 g/mol. The number of nitrogens with one attached hydrogen (secondary N) is 2. The number of benzene rings is 2. The number of aryl methyl sites for hydroxylation is 2. The molecule has 2 N–H and O–H groups in total. The molecule has 0 bridgehead atoms. The number of imide groups is 1. The molecule has 2 aromatic carbocycles. The highest BCUT2D eigenvalue weighted by atomic mass is 35.5. The van der Waals surface area contributed by atoms with Crippen LogP contribution in [0.1, 0.15) is 83.8 Å². The predicted molar refractivity (Wildman–Crippen MR) is 205 cm³/mol. The molecule has 4 aliphatic rings. The number of rotatable bonds is 7. The van der Waals surface area contributed by atoms with Crippen molar-refractivity contribution in [3.8, 4) is 5.75 Å². The Morgan fingerprint density at radius 3 is 2.38 bits per heavy atom. The maximum Gasteiger partial charge on any atom is 0.287 e. The minimum absolute atomic E-state index is 0.0933. The Morgan fingerprint density at radius 1 is 1.00 bits per heavy atom. The van der Waals surface area contributed by atoms with Gasteiger partial charge in [-0.05, 0) is 93.2 Å². The molecule has 3 amide bonds. The second kappa shape index (κ2) is 15.1. The molecule has 7 rings (SSSR count). The Labute approximate surface area is 315 Å². The molecule has 3 atom stereocenters. The van der Waals surface area contributed by atoms with Gasteiger partial charge in [0.1, 0.15) is 10.8 Å². The summed E-state index contributed by atoms with van der Waals surface area (Å²) in [5.74, 6) is 0.180. The van der Waals surface area contributed by atoms with E-state index in [9.17, 15) is 19.2 Å². The second-order valence-electron chi connectivity index (χ2n) is 15.6. The molecule has 12 nitrogen and oxygen atoms in total. The van der Waals surface area contributed by atoms with E-state index in [0.29, 0.717) is 24.3 Å². The summed E-state index contributed by atoms with van der Waals surface area (Å²) in [6, 6.07) is 12.3. The van der Waals surface area contributed by atoms with E-state index in [2.05, 4.69) is 63.8 Å². The molecule has 4 saturated heterocycles. The number of hydrogen-bond acceptors (Lipinski definition) is 9. The number of methoxy groups -OCH3 is 1. The van der Waals surface area contributed by atoms with Crippen molar-refractivity contribution >= 4 is 40.7 Å². The second-order valence-corrected chi connectivity index (χ2v) is 16.0. The number of likely N-dealkylation sites (N-methyl/N-ethyl adjacent to an activating group) is 1. The van der Waals surface area contributed by atoms with E-state index < -0.39 is 5.92 Å². The Kier molecular flexibility index (Phi) is 10.5. The predicted octanol–water partition coefficient (Wildman–Crippen LogP) is 4.69. The lowest BCUT2D eigenvalue weighted by Gasteiger charge is -2.47. The molecule has 1 aromatic heterocycles. The average Bonchev–Trinajstić information content (AvgIpc) is 3.15. The van der Waals surface area contributed by atoms with Crippen LogP contribution in [0, 0.1) is 12.3 Å². The van der Waals surface area contributed by atoms with Crippen molar-refractivity contribution in [2.24, 2.45) is 12.5 Å². The van der Waals surface area contributed by atoms with Crippen molar-refractivity contribution in [1.29, 1.82) is 0 Å². The number of nitrogens with zero attached hydrogens (tertiary/aromatic N) is 5. The fraction of sp³-hybridized carbons (Fsp3) is 0.525. The van der Waals surface area contributed by atoms with Gasteiger partial charge in [0.2, 0.25) is 11.8 Å². The molecule has 1 spiro atoms. The van der Waals surface area contributed by atoms with E-state index in [-0.39, 0.29) is 45.7 Å². The highest BCUT2D eigenvalue weighted by Crippen LogP contribution is 2.44. The molecule has 13 heteroatoms. The van der Waals surface area contributed by atoms with Gasteiger partial charge in [-0.3, -0.25) is 24.5 Å². The topological polar surface area (TPSA) is 129 Å². The third kappa shape index (κ3) is 7.66. The molecule has 4 aliphatic heterocycles. The third-order valence-electron chi connectivity index (χ3n) is 12.1. The van der Waals surface area contributed by atoms with E-state index in [1.165, 1.54) is 10.2 Å². The van der Waals surface area contributed by atoms with E-state index in [1.807, 2.05) is 17.0 Å². The van der Waals surface area contributed by atoms with Crippen LogP contribution >= 0.6 is 11.6 Å². The number of likely N-dealkylation sites (tertiary alicyclic amines) is 2. The lowest BCUT2D eigenvalue weighted by Crippen LogP contribution is -2.48. The smallest absolute Gasteiger partial charge is 0.287 e. The Morgan fingerprint density at radius 2 is 1.70 bits per heavy atom. The summed E-state index contributed by atoms with van der Waals surface area (Å²) in [6.07, 6.45) is 7.42. The first-order valence-electron chi connectivity index (χ1n) is 18.8. The molecule has 0 radical (unpaired) electrons. The summed E-state index contributed by atoms with van der Waals surface area (Å²) in [6.45, 7) is 7.18. The largest absolute Gasteiger partial charge is 0.496 e. The summed E-state index contributed by atoms with van der Waals surface area (Å²) >= 11 is 6.33. The van der Waals surface area contributed by atoms with Crippen molar-refractivity contribution in [2.45, 2.75) is 69.7 Å². The summed E-state index contributed by atoms with van der Waals surface area (Å²) in [4.78, 5) is 57.0. The van der Waals surface area contributed by atoms with Gasteiger partial charge in [-0.25, -0.2) is 4.68 Å². The van der Waals surface area contributed by atoms with Gasteiger partial charge < -0.3 is 24.8 Å². The monoisotopic (exact) mass is 743 g/mol. The molecule has 4 fully saturated rings. The van der Waals surface area contributed by atoms with Crippen molar-refractivity contribution in [3.05, 3.63) is 80.2 Å². The van der Waals surface area contributed by atoms with E-state index in [0.717, 1.165) is 93.8 Å². The number of piperidine rings is 4. The lowest BCUT2D eigenvalue weighted by atomic mass is 9.71. The van der Waals surface area contributed by atoms with E-state index in [1.54, 1.807) is 20.4 Å². The number of amides is 3. The maximum absolute atomic E-state index is 13.7. The molecule has 282 valence electrons. The summed E-state index contributed by atoms with van der Waals surface area (Å²) in [7, 11) is 5.31. The minimum Gasteiger partial charge on any atom is -0.496 e. The number of ether oxygens (including phenoxy) is 1. The van der Waals surface area contributed by atoms with Crippen LogP contribution in [0.4, 0.5) is 11.4 Å². The first-order valence-corrected chi connectivity index (χ1v) is 19.1. The van der Waals surface area contributed by atoms with Gasteiger partial charge in [0.15, 0.2) is 0 Å². The van der Waals surface area contributed by atoms with Gasteiger partial charge in [0.05, 0.1) is 24.9 Å². The lowest BCUT2D eigenvalue weighted by molar-refractivity contribution is -0.134. The Balaban J connectivity index is 0.930. The molecular formula is C40H50ClN7O5. The zero-order chi connectivity index (χ0) is 37.4. The Hall–Kier alpha value is -4.42. The number of anilines is 2. The molecule has 0 saturated carbocycles. The average molecular weight is 744 g/mol. The maximum atomic E-state index is 13.7. The van der Waals surface area contributed by atoms with Crippen LogP contribution in [0.15, 0.2) is 47.4 Å². The Bertz CT molecular complexity index is 1930. The van der Waals surface area contributed by atoms with Crippen LogP contribution < -0.4 is 25.8 Å². The zero-order valence-corrected chi connectivity index (χ0v) is 31.9. The van der Waals surface area contributed by atoms with Crippen molar-refractivity contribution in [1.82, 2.24) is 24.9 Å². The minimum atomic E-state index is -0.390. The van der Waals surface area contributed by atoms with Crippen molar-refractivity contribution < 1.29 is 19.1 Å².